The smallest absolute Gasteiger partial charge is 0.338 e. The average molecular weight is 392 g/mol. The summed E-state index contributed by atoms with van der Waals surface area (Å²) in [6, 6.07) is 11.3. The number of esters is 1. The fraction of sp³-hybridized carbons (Fsp3) is 0.300. The van der Waals surface area contributed by atoms with E-state index in [1.807, 2.05) is 0 Å². The van der Waals surface area contributed by atoms with E-state index in [0.29, 0.717) is 26.9 Å². The van der Waals surface area contributed by atoms with E-state index in [4.69, 9.17) is 27.9 Å². The van der Waals surface area contributed by atoms with E-state index in [0.717, 1.165) is 25.7 Å². The minimum Gasteiger partial charge on any atom is -0.459 e. The number of hydrogen-bond acceptors (Lipinski definition) is 3. The van der Waals surface area contributed by atoms with Gasteiger partial charge in [0.1, 0.15) is 6.10 Å². The Bertz CT molecular complexity index is 799. The first-order valence-corrected chi connectivity index (χ1v) is 9.36. The van der Waals surface area contributed by atoms with Crippen LogP contribution in [0.15, 0.2) is 42.5 Å². The molecule has 0 unspecified atom stereocenters. The zero-order valence-electron chi connectivity index (χ0n) is 14.1. The summed E-state index contributed by atoms with van der Waals surface area (Å²) in [7, 11) is 0. The van der Waals surface area contributed by atoms with Gasteiger partial charge in [-0.05, 0) is 68.1 Å². The summed E-state index contributed by atoms with van der Waals surface area (Å²) < 4.78 is 5.54. The van der Waals surface area contributed by atoms with Crippen LogP contribution in [0.4, 0.5) is 5.69 Å². The summed E-state index contributed by atoms with van der Waals surface area (Å²) in [6.07, 6.45) is 5.30. The normalized spacial score (nSPS) is 14.7. The Morgan fingerprint density at radius 1 is 0.962 bits per heavy atom. The molecule has 26 heavy (non-hydrogen) atoms. The number of anilines is 1. The lowest BCUT2D eigenvalue weighted by molar-refractivity contribution is 0.0211. The lowest BCUT2D eigenvalue weighted by Crippen LogP contribution is -2.21. The molecule has 1 aliphatic rings. The SMILES string of the molecule is O=C(OC1CCCCC1)c1ccc(NC(=O)c2cc(Cl)ccc2Cl)cc1. The molecule has 0 spiro atoms. The monoisotopic (exact) mass is 391 g/mol. The summed E-state index contributed by atoms with van der Waals surface area (Å²) in [5, 5.41) is 3.49. The zero-order valence-corrected chi connectivity index (χ0v) is 15.6. The van der Waals surface area contributed by atoms with Gasteiger partial charge in [0.05, 0.1) is 16.1 Å². The number of amides is 1. The van der Waals surface area contributed by atoms with Gasteiger partial charge in [0.2, 0.25) is 0 Å². The van der Waals surface area contributed by atoms with Gasteiger partial charge in [0, 0.05) is 10.7 Å². The lowest BCUT2D eigenvalue weighted by Gasteiger charge is -2.21. The van der Waals surface area contributed by atoms with Crippen LogP contribution in [0.25, 0.3) is 0 Å². The highest BCUT2D eigenvalue weighted by Gasteiger charge is 2.19. The molecule has 6 heteroatoms. The molecular formula is C20H19Cl2NO3. The predicted octanol–water partition coefficient (Wildman–Crippen LogP) is 5.74. The lowest BCUT2D eigenvalue weighted by atomic mass is 9.98. The van der Waals surface area contributed by atoms with Gasteiger partial charge < -0.3 is 10.1 Å². The van der Waals surface area contributed by atoms with E-state index in [1.54, 1.807) is 36.4 Å². The molecule has 0 bridgehead atoms. The van der Waals surface area contributed by atoms with Crippen LogP contribution in [0.1, 0.15) is 52.8 Å². The van der Waals surface area contributed by atoms with Gasteiger partial charge in [-0.1, -0.05) is 29.6 Å². The number of ether oxygens (including phenoxy) is 1. The predicted molar refractivity (Wildman–Crippen MR) is 103 cm³/mol. The van der Waals surface area contributed by atoms with Crippen LogP contribution in [0.5, 0.6) is 0 Å². The summed E-state index contributed by atoms with van der Waals surface area (Å²) in [5.74, 6) is -0.692. The molecular weight excluding hydrogens is 373 g/mol. The Balaban J connectivity index is 1.62. The maximum Gasteiger partial charge on any atom is 0.338 e. The molecule has 1 fully saturated rings. The Kier molecular flexibility index (Phi) is 6.17. The highest BCUT2D eigenvalue weighted by atomic mass is 35.5. The second kappa shape index (κ2) is 8.56. The van der Waals surface area contributed by atoms with Crippen molar-refractivity contribution in [3.63, 3.8) is 0 Å². The first-order valence-electron chi connectivity index (χ1n) is 8.60. The maximum absolute atomic E-state index is 12.3. The molecule has 0 saturated heterocycles. The molecule has 0 atom stereocenters. The van der Waals surface area contributed by atoms with Crippen LogP contribution in [0.2, 0.25) is 10.0 Å². The van der Waals surface area contributed by atoms with E-state index in [2.05, 4.69) is 5.32 Å². The van der Waals surface area contributed by atoms with E-state index >= 15 is 0 Å². The van der Waals surface area contributed by atoms with Crippen molar-refractivity contribution >= 4 is 40.8 Å². The number of nitrogens with one attached hydrogen (secondary N) is 1. The standard InChI is InChI=1S/C20H19Cl2NO3/c21-14-8-11-18(22)17(12-14)19(24)23-15-9-6-13(7-10-15)20(25)26-16-4-2-1-3-5-16/h6-12,16H,1-5H2,(H,23,24). The van der Waals surface area contributed by atoms with E-state index in [9.17, 15) is 9.59 Å². The van der Waals surface area contributed by atoms with Crippen LogP contribution in [0, 0.1) is 0 Å². The Morgan fingerprint density at radius 3 is 2.35 bits per heavy atom. The largest absolute Gasteiger partial charge is 0.459 e. The maximum atomic E-state index is 12.3. The second-order valence-electron chi connectivity index (χ2n) is 6.32. The molecule has 0 heterocycles. The van der Waals surface area contributed by atoms with Crippen molar-refractivity contribution < 1.29 is 14.3 Å². The minimum absolute atomic E-state index is 0.0144. The number of carbonyl (C=O) groups is 2. The molecule has 1 N–H and O–H groups in total. The molecule has 2 aromatic rings. The average Bonchev–Trinajstić information content (AvgIpc) is 2.65. The summed E-state index contributed by atoms with van der Waals surface area (Å²) in [6.45, 7) is 0. The van der Waals surface area contributed by atoms with Crippen molar-refractivity contribution in [2.75, 3.05) is 5.32 Å². The zero-order chi connectivity index (χ0) is 18.5. The summed E-state index contributed by atoms with van der Waals surface area (Å²) in [4.78, 5) is 24.5. The fourth-order valence-electron chi connectivity index (χ4n) is 2.96. The molecule has 1 aliphatic carbocycles. The van der Waals surface area contributed by atoms with Crippen molar-refractivity contribution in [3.8, 4) is 0 Å². The Hall–Kier alpha value is -2.04. The number of hydrogen-bond donors (Lipinski definition) is 1. The van der Waals surface area contributed by atoms with E-state index in [1.165, 1.54) is 12.5 Å². The summed E-state index contributed by atoms with van der Waals surface area (Å²) in [5.41, 5.74) is 1.31. The second-order valence-corrected chi connectivity index (χ2v) is 7.16. The van der Waals surface area contributed by atoms with Crippen molar-refractivity contribution in [2.24, 2.45) is 0 Å². The van der Waals surface area contributed by atoms with Gasteiger partial charge in [-0.25, -0.2) is 4.79 Å². The number of rotatable bonds is 4. The van der Waals surface area contributed by atoms with Gasteiger partial charge in [0.25, 0.3) is 5.91 Å². The van der Waals surface area contributed by atoms with Crippen LogP contribution in [-0.2, 0) is 4.74 Å². The van der Waals surface area contributed by atoms with Crippen LogP contribution < -0.4 is 5.32 Å². The topological polar surface area (TPSA) is 55.4 Å². The number of halogens is 2. The highest BCUT2D eigenvalue weighted by molar-refractivity contribution is 6.36. The van der Waals surface area contributed by atoms with Gasteiger partial charge in [-0.2, -0.15) is 0 Å². The quantitative estimate of drug-likeness (QED) is 0.676. The fourth-order valence-corrected chi connectivity index (χ4v) is 3.34. The molecule has 3 rings (SSSR count). The van der Waals surface area contributed by atoms with Crippen molar-refractivity contribution in [1.29, 1.82) is 0 Å². The minimum atomic E-state index is -0.366. The van der Waals surface area contributed by atoms with Crippen LogP contribution >= 0.6 is 23.2 Å². The molecule has 4 nitrogen and oxygen atoms in total. The molecule has 1 saturated carbocycles. The van der Waals surface area contributed by atoms with Crippen molar-refractivity contribution in [1.82, 2.24) is 0 Å². The third-order valence-corrected chi connectivity index (χ3v) is 4.94. The Labute approximate surface area is 162 Å². The third-order valence-electron chi connectivity index (χ3n) is 4.38. The molecule has 136 valence electrons. The first-order chi connectivity index (χ1) is 12.5. The van der Waals surface area contributed by atoms with E-state index < -0.39 is 0 Å². The Morgan fingerprint density at radius 2 is 1.65 bits per heavy atom. The van der Waals surface area contributed by atoms with Crippen molar-refractivity contribution in [2.45, 2.75) is 38.2 Å². The number of carbonyl (C=O) groups excluding carboxylic acids is 2. The van der Waals surface area contributed by atoms with Gasteiger partial charge in [-0.3, -0.25) is 4.79 Å². The summed E-state index contributed by atoms with van der Waals surface area (Å²) >= 11 is 11.9. The molecule has 1 amide bonds. The van der Waals surface area contributed by atoms with Gasteiger partial charge in [-0.15, -0.1) is 0 Å². The molecule has 0 aliphatic heterocycles. The van der Waals surface area contributed by atoms with Crippen LogP contribution in [0.3, 0.4) is 0 Å². The van der Waals surface area contributed by atoms with Crippen molar-refractivity contribution in [3.05, 3.63) is 63.6 Å². The first kappa shape index (κ1) is 18.7. The van der Waals surface area contributed by atoms with Gasteiger partial charge in [0.15, 0.2) is 0 Å². The van der Waals surface area contributed by atoms with Gasteiger partial charge >= 0.3 is 5.97 Å². The molecule has 2 aromatic carbocycles. The number of benzene rings is 2. The molecule has 0 aromatic heterocycles. The van der Waals surface area contributed by atoms with E-state index in [-0.39, 0.29) is 18.0 Å². The third kappa shape index (κ3) is 4.77. The molecule has 0 radical (unpaired) electrons. The highest BCUT2D eigenvalue weighted by Crippen LogP contribution is 2.23. The van der Waals surface area contributed by atoms with Crippen LogP contribution in [-0.4, -0.2) is 18.0 Å².